The Morgan fingerprint density at radius 3 is 2.24 bits per heavy atom. The van der Waals surface area contributed by atoms with Gasteiger partial charge in [0.2, 0.25) is 5.60 Å². The SMILES string of the molecule is CO[C@](C)(C(=O)[C@H](C=C(C)C)C(=O)/C(C)=C/CC/C(C)=C/Cc1cc(O)ccc1O)C(F)(F)F. The van der Waals surface area contributed by atoms with Crippen molar-refractivity contribution in [3.63, 3.8) is 0 Å². The van der Waals surface area contributed by atoms with Crippen LogP contribution in [-0.4, -0.2) is 40.7 Å². The molecule has 0 aromatic heterocycles. The molecule has 0 bridgehead atoms. The van der Waals surface area contributed by atoms with E-state index in [0.29, 0.717) is 37.3 Å². The van der Waals surface area contributed by atoms with E-state index < -0.39 is 29.3 Å². The van der Waals surface area contributed by atoms with Crippen LogP contribution in [0.2, 0.25) is 0 Å². The first kappa shape index (κ1) is 29.2. The molecule has 1 aromatic carbocycles. The number of aromatic hydroxyl groups is 2. The predicted molar refractivity (Wildman–Crippen MR) is 125 cm³/mol. The van der Waals surface area contributed by atoms with Crippen molar-refractivity contribution in [2.24, 2.45) is 5.92 Å². The van der Waals surface area contributed by atoms with Gasteiger partial charge in [0.25, 0.3) is 0 Å². The molecule has 5 nitrogen and oxygen atoms in total. The molecule has 2 N–H and O–H groups in total. The average molecular weight is 483 g/mol. The van der Waals surface area contributed by atoms with Gasteiger partial charge in [-0.15, -0.1) is 0 Å². The first-order chi connectivity index (χ1) is 15.6. The van der Waals surface area contributed by atoms with E-state index in [1.807, 2.05) is 13.0 Å². The van der Waals surface area contributed by atoms with Gasteiger partial charge in [0.1, 0.15) is 17.4 Å². The number of carbonyl (C=O) groups is 2. The van der Waals surface area contributed by atoms with Gasteiger partial charge >= 0.3 is 6.18 Å². The Labute approximate surface area is 198 Å². The van der Waals surface area contributed by atoms with Gasteiger partial charge < -0.3 is 14.9 Å². The molecule has 1 rings (SSSR count). The Morgan fingerprint density at radius 1 is 1.09 bits per heavy atom. The van der Waals surface area contributed by atoms with Gasteiger partial charge in [0.15, 0.2) is 11.6 Å². The van der Waals surface area contributed by atoms with E-state index in [1.165, 1.54) is 31.2 Å². The number of halogens is 3. The van der Waals surface area contributed by atoms with Gasteiger partial charge in [-0.2, -0.15) is 13.2 Å². The molecular weight excluding hydrogens is 449 g/mol. The summed E-state index contributed by atoms with van der Waals surface area (Å²) >= 11 is 0. The molecular formula is C26H33F3O5. The van der Waals surface area contributed by atoms with Crippen molar-refractivity contribution in [3.05, 3.63) is 58.7 Å². The van der Waals surface area contributed by atoms with Crippen LogP contribution in [0.25, 0.3) is 0 Å². The normalized spacial score (nSPS) is 15.4. The summed E-state index contributed by atoms with van der Waals surface area (Å²) < 4.78 is 45.1. The third-order valence-electron chi connectivity index (χ3n) is 5.60. The Kier molecular flexibility index (Phi) is 10.3. The van der Waals surface area contributed by atoms with Crippen LogP contribution in [0.4, 0.5) is 13.2 Å². The third-order valence-corrected chi connectivity index (χ3v) is 5.60. The molecule has 0 aliphatic carbocycles. The second-order valence-corrected chi connectivity index (χ2v) is 8.68. The summed E-state index contributed by atoms with van der Waals surface area (Å²) in [7, 11) is 0.795. The summed E-state index contributed by atoms with van der Waals surface area (Å²) in [6, 6.07) is 4.26. The highest BCUT2D eigenvalue weighted by Gasteiger charge is 2.59. The molecule has 0 spiro atoms. The fraction of sp³-hybridized carbons (Fsp3) is 0.462. The summed E-state index contributed by atoms with van der Waals surface area (Å²) in [5.41, 5.74) is -0.851. The van der Waals surface area contributed by atoms with Crippen molar-refractivity contribution >= 4 is 11.6 Å². The topological polar surface area (TPSA) is 83.8 Å². The molecule has 0 aliphatic heterocycles. The number of carbonyl (C=O) groups excluding carboxylic acids is 2. The molecule has 1 aromatic rings. The van der Waals surface area contributed by atoms with Crippen LogP contribution in [0.15, 0.2) is 53.1 Å². The van der Waals surface area contributed by atoms with E-state index in [-0.39, 0.29) is 17.1 Å². The van der Waals surface area contributed by atoms with Crippen LogP contribution >= 0.6 is 0 Å². The number of ketones is 2. The van der Waals surface area contributed by atoms with Crippen LogP contribution in [0, 0.1) is 5.92 Å². The lowest BCUT2D eigenvalue weighted by molar-refractivity contribution is -0.253. The zero-order valence-electron chi connectivity index (χ0n) is 20.4. The number of phenols is 2. The average Bonchev–Trinajstić information content (AvgIpc) is 2.75. The summed E-state index contributed by atoms with van der Waals surface area (Å²) in [6.07, 6.45) is 1.13. The van der Waals surface area contributed by atoms with E-state index in [4.69, 9.17) is 0 Å². The number of allylic oxidation sites excluding steroid dienone is 6. The van der Waals surface area contributed by atoms with Crippen molar-refractivity contribution in [1.82, 2.24) is 0 Å². The molecule has 0 saturated heterocycles. The van der Waals surface area contributed by atoms with Gasteiger partial charge in [-0.1, -0.05) is 29.4 Å². The summed E-state index contributed by atoms with van der Waals surface area (Å²) in [4.78, 5) is 25.7. The van der Waals surface area contributed by atoms with Gasteiger partial charge in [-0.3, -0.25) is 9.59 Å². The minimum Gasteiger partial charge on any atom is -0.508 e. The van der Waals surface area contributed by atoms with Crippen molar-refractivity contribution in [2.75, 3.05) is 7.11 Å². The van der Waals surface area contributed by atoms with E-state index in [9.17, 15) is 33.0 Å². The van der Waals surface area contributed by atoms with Crippen LogP contribution in [0.1, 0.15) is 53.0 Å². The van der Waals surface area contributed by atoms with Gasteiger partial charge in [-0.05, 0) is 77.7 Å². The predicted octanol–water partition coefficient (Wildman–Crippen LogP) is 6.00. The molecule has 0 saturated carbocycles. The van der Waals surface area contributed by atoms with Crippen molar-refractivity contribution in [2.45, 2.75) is 65.7 Å². The summed E-state index contributed by atoms with van der Waals surface area (Å²) in [5.74, 6) is -3.56. The van der Waals surface area contributed by atoms with E-state index in [0.717, 1.165) is 12.7 Å². The quantitative estimate of drug-likeness (QED) is 0.175. The first-order valence-electron chi connectivity index (χ1n) is 10.8. The molecule has 2 atom stereocenters. The van der Waals surface area contributed by atoms with E-state index >= 15 is 0 Å². The van der Waals surface area contributed by atoms with Crippen LogP contribution in [0.3, 0.4) is 0 Å². The number of rotatable bonds is 11. The zero-order valence-corrected chi connectivity index (χ0v) is 20.4. The van der Waals surface area contributed by atoms with Crippen molar-refractivity contribution in [3.8, 4) is 11.5 Å². The van der Waals surface area contributed by atoms with Gasteiger partial charge in [0.05, 0.1) is 0 Å². The monoisotopic (exact) mass is 482 g/mol. The van der Waals surface area contributed by atoms with E-state index in [1.54, 1.807) is 19.9 Å². The van der Waals surface area contributed by atoms with Crippen LogP contribution in [0.5, 0.6) is 11.5 Å². The standard InChI is InChI=1S/C26H33F3O5/c1-16(2)14-21(24(33)25(5,34-6)26(27,28)29)23(32)18(4)9-7-8-17(3)10-11-19-15-20(30)12-13-22(19)31/h9-10,12-15,21,30-31H,7-8,11H2,1-6H3/b17-10+,18-9+/t21-,25-/m1/s1. The second kappa shape index (κ2) is 12.0. The smallest absolute Gasteiger partial charge is 0.424 e. The molecule has 8 heteroatoms. The maximum Gasteiger partial charge on any atom is 0.424 e. The molecule has 0 unspecified atom stereocenters. The van der Waals surface area contributed by atoms with Crippen molar-refractivity contribution < 1.29 is 37.7 Å². The fourth-order valence-corrected chi connectivity index (χ4v) is 3.24. The Hall–Kier alpha value is -2.87. The molecule has 0 heterocycles. The maximum absolute atomic E-state index is 13.5. The minimum absolute atomic E-state index is 0.0477. The number of methoxy groups -OCH3 is 1. The number of Topliss-reactive ketones (excluding diaryl/α,β-unsaturated/α-hetero) is 2. The second-order valence-electron chi connectivity index (χ2n) is 8.68. The molecule has 0 amide bonds. The Balaban J connectivity index is 2.98. The van der Waals surface area contributed by atoms with Gasteiger partial charge in [-0.25, -0.2) is 0 Å². The molecule has 188 valence electrons. The molecule has 0 fully saturated rings. The fourth-order valence-electron chi connectivity index (χ4n) is 3.24. The zero-order chi connectivity index (χ0) is 26.3. The summed E-state index contributed by atoms with van der Waals surface area (Å²) in [6.45, 7) is 7.17. The lowest BCUT2D eigenvalue weighted by Crippen LogP contribution is -2.54. The number of hydrogen-bond donors (Lipinski definition) is 2. The first-order valence-corrected chi connectivity index (χ1v) is 10.8. The van der Waals surface area contributed by atoms with Crippen LogP contribution in [-0.2, 0) is 20.7 Å². The van der Waals surface area contributed by atoms with Gasteiger partial charge in [0, 0.05) is 12.7 Å². The van der Waals surface area contributed by atoms with Crippen molar-refractivity contribution in [1.29, 1.82) is 0 Å². The maximum atomic E-state index is 13.5. The lowest BCUT2D eigenvalue weighted by atomic mass is 9.83. The summed E-state index contributed by atoms with van der Waals surface area (Å²) in [5, 5.41) is 19.4. The highest BCUT2D eigenvalue weighted by atomic mass is 19.4. The lowest BCUT2D eigenvalue weighted by Gasteiger charge is -2.31. The Bertz CT molecular complexity index is 985. The number of hydrogen-bond acceptors (Lipinski definition) is 5. The van der Waals surface area contributed by atoms with E-state index in [2.05, 4.69) is 4.74 Å². The number of ether oxygens (including phenoxy) is 1. The minimum atomic E-state index is -4.98. The Morgan fingerprint density at radius 2 is 1.71 bits per heavy atom. The molecule has 0 aliphatic rings. The highest BCUT2D eigenvalue weighted by Crippen LogP contribution is 2.36. The molecule has 0 radical (unpaired) electrons. The molecule has 34 heavy (non-hydrogen) atoms. The largest absolute Gasteiger partial charge is 0.508 e. The number of benzene rings is 1. The van der Waals surface area contributed by atoms with Crippen LogP contribution < -0.4 is 0 Å². The third kappa shape index (κ3) is 7.58. The highest BCUT2D eigenvalue weighted by molar-refractivity contribution is 6.14. The number of alkyl halides is 3. The number of phenolic OH excluding ortho intramolecular Hbond substituents is 2.